The molecule has 0 bridgehead atoms. The third-order valence-corrected chi connectivity index (χ3v) is 4.86. The second kappa shape index (κ2) is 10.2. The minimum atomic E-state index is -0.0200. The van der Waals surface area contributed by atoms with Gasteiger partial charge < -0.3 is 24.8 Å². The summed E-state index contributed by atoms with van der Waals surface area (Å²) in [6.45, 7) is 8.59. The third-order valence-electron chi connectivity index (χ3n) is 4.86. The third kappa shape index (κ3) is 4.94. The molecule has 1 fully saturated rings. The average Bonchev–Trinajstić information content (AvgIpc) is 3.12. The van der Waals surface area contributed by atoms with Gasteiger partial charge in [0.1, 0.15) is 0 Å². The maximum Gasteiger partial charge on any atom is 0.231 e. The molecule has 1 aromatic carbocycles. The fraction of sp³-hybridized carbons (Fsp3) is 0.632. The van der Waals surface area contributed by atoms with Crippen molar-refractivity contribution in [1.82, 2.24) is 10.6 Å². The van der Waals surface area contributed by atoms with Crippen LogP contribution in [0.3, 0.4) is 0 Å². The Kier molecular flexibility index (Phi) is 8.27. The van der Waals surface area contributed by atoms with Crippen molar-refractivity contribution in [2.24, 2.45) is 4.99 Å². The highest BCUT2D eigenvalue weighted by atomic mass is 127. The molecule has 1 saturated heterocycles. The lowest BCUT2D eigenvalue weighted by atomic mass is 9.74. The number of nitrogens with one attached hydrogen (secondary N) is 2. The second-order valence-electron chi connectivity index (χ2n) is 6.58. The molecule has 0 atom stereocenters. The van der Waals surface area contributed by atoms with Gasteiger partial charge in [-0.1, -0.05) is 13.0 Å². The van der Waals surface area contributed by atoms with Crippen molar-refractivity contribution >= 4 is 29.9 Å². The first-order chi connectivity index (χ1) is 12.3. The van der Waals surface area contributed by atoms with Gasteiger partial charge in [0, 0.05) is 31.7 Å². The number of halogens is 1. The molecule has 6 nitrogen and oxygen atoms in total. The fourth-order valence-corrected chi connectivity index (χ4v) is 3.34. The Balaban J connectivity index is 0.00000243. The molecule has 26 heavy (non-hydrogen) atoms. The summed E-state index contributed by atoms with van der Waals surface area (Å²) in [5.41, 5.74) is 1.24. The van der Waals surface area contributed by atoms with Gasteiger partial charge in [-0.3, -0.25) is 4.99 Å². The molecule has 0 aromatic heterocycles. The summed E-state index contributed by atoms with van der Waals surface area (Å²) in [7, 11) is 0. The van der Waals surface area contributed by atoms with E-state index in [1.165, 1.54) is 5.56 Å². The van der Waals surface area contributed by atoms with Gasteiger partial charge >= 0.3 is 0 Å². The van der Waals surface area contributed by atoms with Crippen LogP contribution in [0.4, 0.5) is 0 Å². The molecule has 2 aliphatic heterocycles. The Morgan fingerprint density at radius 2 is 1.88 bits per heavy atom. The van der Waals surface area contributed by atoms with E-state index in [2.05, 4.69) is 36.6 Å². The fourth-order valence-electron chi connectivity index (χ4n) is 3.34. The number of hydrogen-bond acceptors (Lipinski definition) is 4. The van der Waals surface area contributed by atoms with Crippen LogP contribution in [-0.2, 0) is 10.2 Å². The molecule has 2 N–H and O–H groups in total. The van der Waals surface area contributed by atoms with Crippen LogP contribution in [0.1, 0.15) is 38.7 Å². The lowest BCUT2D eigenvalue weighted by molar-refractivity contribution is 0.0530. The van der Waals surface area contributed by atoms with E-state index in [1.807, 2.05) is 6.07 Å². The molecule has 0 saturated carbocycles. The second-order valence-corrected chi connectivity index (χ2v) is 6.58. The smallest absolute Gasteiger partial charge is 0.231 e. The van der Waals surface area contributed by atoms with Gasteiger partial charge in [0.15, 0.2) is 17.5 Å². The van der Waals surface area contributed by atoms with Crippen molar-refractivity contribution in [3.63, 3.8) is 0 Å². The number of guanidine groups is 1. The molecule has 2 aliphatic rings. The summed E-state index contributed by atoms with van der Waals surface area (Å²) in [5, 5.41) is 6.71. The Labute approximate surface area is 173 Å². The number of ether oxygens (including phenoxy) is 3. The molecule has 0 spiro atoms. The van der Waals surface area contributed by atoms with E-state index in [1.54, 1.807) is 0 Å². The first-order valence-electron chi connectivity index (χ1n) is 9.27. The number of hydrogen-bond donors (Lipinski definition) is 2. The van der Waals surface area contributed by atoms with Gasteiger partial charge in [-0.25, -0.2) is 0 Å². The van der Waals surface area contributed by atoms with Crippen LogP contribution in [0.5, 0.6) is 11.5 Å². The van der Waals surface area contributed by atoms with Gasteiger partial charge in [-0.15, -0.1) is 24.0 Å². The highest BCUT2D eigenvalue weighted by Gasteiger charge is 2.35. The molecule has 146 valence electrons. The van der Waals surface area contributed by atoms with E-state index < -0.39 is 0 Å². The van der Waals surface area contributed by atoms with Crippen LogP contribution in [0, 0.1) is 0 Å². The SMILES string of the molecule is CCCNC(=NCC1(c2ccc3c(c2)OCO3)CCOCC1)NCC.I. The predicted molar refractivity (Wildman–Crippen MR) is 114 cm³/mol. The lowest BCUT2D eigenvalue weighted by Crippen LogP contribution is -2.41. The average molecular weight is 475 g/mol. The van der Waals surface area contributed by atoms with E-state index in [9.17, 15) is 0 Å². The number of nitrogens with zero attached hydrogens (tertiary/aromatic N) is 1. The normalized spacial score (nSPS) is 18.2. The first-order valence-corrected chi connectivity index (χ1v) is 9.27. The largest absolute Gasteiger partial charge is 0.454 e. The van der Waals surface area contributed by atoms with Gasteiger partial charge in [0.2, 0.25) is 6.79 Å². The Morgan fingerprint density at radius 1 is 1.12 bits per heavy atom. The number of aliphatic imine (C=N–C) groups is 1. The van der Waals surface area contributed by atoms with Gasteiger partial charge in [-0.2, -0.15) is 0 Å². The first kappa shape index (κ1) is 21.1. The van der Waals surface area contributed by atoms with E-state index in [0.29, 0.717) is 6.79 Å². The maximum atomic E-state index is 5.62. The topological polar surface area (TPSA) is 64.1 Å². The van der Waals surface area contributed by atoms with E-state index in [4.69, 9.17) is 19.2 Å². The van der Waals surface area contributed by atoms with Crippen LogP contribution in [0.25, 0.3) is 0 Å². The summed E-state index contributed by atoms with van der Waals surface area (Å²) < 4.78 is 16.7. The standard InChI is InChI=1S/C19H29N3O3.HI/c1-3-9-21-18(20-4-2)22-13-19(7-10-23-11-8-19)15-5-6-16-17(12-15)25-14-24-16;/h5-6,12H,3-4,7-11,13-14H2,1-2H3,(H2,20,21,22);1H. The molecule has 0 amide bonds. The zero-order valence-electron chi connectivity index (χ0n) is 15.7. The van der Waals surface area contributed by atoms with Crippen molar-refractivity contribution in [1.29, 1.82) is 0 Å². The highest BCUT2D eigenvalue weighted by molar-refractivity contribution is 14.0. The maximum absolute atomic E-state index is 5.62. The zero-order valence-corrected chi connectivity index (χ0v) is 18.0. The van der Waals surface area contributed by atoms with Crippen molar-refractivity contribution in [2.45, 2.75) is 38.5 Å². The summed E-state index contributed by atoms with van der Waals surface area (Å²) in [4.78, 5) is 4.88. The quantitative estimate of drug-likeness (QED) is 0.376. The molecular formula is C19H30IN3O3. The van der Waals surface area contributed by atoms with Crippen molar-refractivity contribution in [3.05, 3.63) is 23.8 Å². The van der Waals surface area contributed by atoms with Crippen molar-refractivity contribution in [3.8, 4) is 11.5 Å². The summed E-state index contributed by atoms with van der Waals surface area (Å²) in [5.74, 6) is 2.55. The van der Waals surface area contributed by atoms with Crippen LogP contribution in [0.2, 0.25) is 0 Å². The monoisotopic (exact) mass is 475 g/mol. The summed E-state index contributed by atoms with van der Waals surface area (Å²) in [6, 6.07) is 6.29. The van der Waals surface area contributed by atoms with Crippen molar-refractivity contribution < 1.29 is 14.2 Å². The van der Waals surface area contributed by atoms with Crippen LogP contribution in [0.15, 0.2) is 23.2 Å². The van der Waals surface area contributed by atoms with Gasteiger partial charge in [0.25, 0.3) is 0 Å². The molecule has 7 heteroatoms. The zero-order chi connectivity index (χ0) is 17.5. The molecule has 0 aliphatic carbocycles. The van der Waals surface area contributed by atoms with Gasteiger partial charge in [0.05, 0.1) is 6.54 Å². The van der Waals surface area contributed by atoms with E-state index in [-0.39, 0.29) is 29.4 Å². The van der Waals surface area contributed by atoms with E-state index in [0.717, 1.165) is 69.6 Å². The molecule has 1 aromatic rings. The Hall–Kier alpha value is -1.22. The number of benzene rings is 1. The minimum absolute atomic E-state index is 0. The predicted octanol–water partition coefficient (Wildman–Crippen LogP) is 3.05. The van der Waals surface area contributed by atoms with Crippen LogP contribution in [-0.4, -0.2) is 45.6 Å². The Bertz CT molecular complexity index is 604. The molecule has 2 heterocycles. The minimum Gasteiger partial charge on any atom is -0.454 e. The number of fused-ring (bicyclic) bond motifs is 1. The molecular weight excluding hydrogens is 445 g/mol. The van der Waals surface area contributed by atoms with Gasteiger partial charge in [-0.05, 0) is 43.9 Å². The number of rotatable bonds is 6. The summed E-state index contributed by atoms with van der Waals surface area (Å²) in [6.07, 6.45) is 3.00. The van der Waals surface area contributed by atoms with Crippen LogP contribution >= 0.6 is 24.0 Å². The highest BCUT2D eigenvalue weighted by Crippen LogP contribution is 2.41. The summed E-state index contributed by atoms with van der Waals surface area (Å²) >= 11 is 0. The van der Waals surface area contributed by atoms with Crippen LogP contribution < -0.4 is 20.1 Å². The van der Waals surface area contributed by atoms with E-state index >= 15 is 0 Å². The Morgan fingerprint density at radius 3 is 2.62 bits per heavy atom. The molecule has 3 rings (SSSR count). The lowest BCUT2D eigenvalue weighted by Gasteiger charge is -2.36. The molecule has 0 radical (unpaired) electrons. The van der Waals surface area contributed by atoms with Crippen molar-refractivity contribution in [2.75, 3.05) is 39.6 Å². The molecule has 0 unspecified atom stereocenters.